The van der Waals surface area contributed by atoms with Crippen molar-refractivity contribution in [2.75, 3.05) is 26.2 Å². The topological polar surface area (TPSA) is 108 Å². The van der Waals surface area contributed by atoms with Crippen LogP contribution in [-0.4, -0.2) is 51.7 Å². The third-order valence-corrected chi connectivity index (χ3v) is 6.15. The van der Waals surface area contributed by atoms with Crippen molar-refractivity contribution in [1.82, 2.24) is 15.4 Å². The van der Waals surface area contributed by atoms with Gasteiger partial charge in [-0.3, -0.25) is 4.79 Å². The molecule has 1 aromatic carbocycles. The van der Waals surface area contributed by atoms with Gasteiger partial charge in [0.1, 0.15) is 0 Å². The van der Waals surface area contributed by atoms with Gasteiger partial charge in [0.05, 0.1) is 11.0 Å². The van der Waals surface area contributed by atoms with Crippen molar-refractivity contribution in [3.05, 3.63) is 28.8 Å². The van der Waals surface area contributed by atoms with E-state index in [1.807, 2.05) is 19.1 Å². The van der Waals surface area contributed by atoms with E-state index in [0.717, 1.165) is 5.56 Å². The van der Waals surface area contributed by atoms with E-state index >= 15 is 0 Å². The molecule has 2 atom stereocenters. The molecule has 2 rings (SSSR count). The molecule has 0 aromatic heterocycles. The molecule has 0 bridgehead atoms. The third-order valence-electron chi connectivity index (χ3n) is 4.38. The van der Waals surface area contributed by atoms with E-state index in [-0.39, 0.29) is 42.1 Å². The highest BCUT2D eigenvalue weighted by molar-refractivity contribution is 7.89. The van der Waals surface area contributed by atoms with Crippen LogP contribution < -0.4 is 15.4 Å². The number of rotatable bonds is 7. The van der Waals surface area contributed by atoms with Gasteiger partial charge in [0, 0.05) is 38.5 Å². The first-order chi connectivity index (χ1) is 11.7. The minimum Gasteiger partial charge on any atom is -0.391 e. The molecule has 1 fully saturated rings. The van der Waals surface area contributed by atoms with Gasteiger partial charge in [-0.1, -0.05) is 17.7 Å². The molecule has 1 aliphatic rings. The predicted molar refractivity (Wildman–Crippen MR) is 103 cm³/mol. The van der Waals surface area contributed by atoms with E-state index in [2.05, 4.69) is 15.4 Å². The standard InChI is InChI=1S/C17H27N3O4S.ClH/c1-11-6-12(2)17(13(3)7-11)25(23,24)20-5-4-16(22)19-9-14-8-18-10-15(14)21;/h6-7,14-15,18,20-21H,4-5,8-10H2,1-3H3,(H,19,22);1H. The Morgan fingerprint density at radius 3 is 2.38 bits per heavy atom. The fourth-order valence-corrected chi connectivity index (χ4v) is 4.70. The van der Waals surface area contributed by atoms with Crippen LogP contribution in [0.3, 0.4) is 0 Å². The molecule has 0 saturated carbocycles. The summed E-state index contributed by atoms with van der Waals surface area (Å²) in [4.78, 5) is 12.1. The van der Waals surface area contributed by atoms with Crippen LogP contribution in [0.15, 0.2) is 17.0 Å². The summed E-state index contributed by atoms with van der Waals surface area (Å²) in [5, 5.41) is 15.5. The van der Waals surface area contributed by atoms with Gasteiger partial charge in [-0.25, -0.2) is 13.1 Å². The van der Waals surface area contributed by atoms with E-state index in [1.54, 1.807) is 13.8 Å². The molecule has 2 unspecified atom stereocenters. The number of aliphatic hydroxyl groups is 1. The fourth-order valence-electron chi connectivity index (χ4n) is 3.22. The van der Waals surface area contributed by atoms with E-state index in [4.69, 9.17) is 0 Å². The minimum atomic E-state index is -3.65. The minimum absolute atomic E-state index is 0. The number of carbonyl (C=O) groups excluding carboxylic acids is 1. The zero-order valence-corrected chi connectivity index (χ0v) is 17.0. The van der Waals surface area contributed by atoms with Gasteiger partial charge in [0.2, 0.25) is 15.9 Å². The van der Waals surface area contributed by atoms with Crippen LogP contribution in [0.5, 0.6) is 0 Å². The van der Waals surface area contributed by atoms with E-state index in [0.29, 0.717) is 30.8 Å². The molecule has 4 N–H and O–H groups in total. The van der Waals surface area contributed by atoms with Crippen LogP contribution in [0.25, 0.3) is 0 Å². The van der Waals surface area contributed by atoms with Crippen molar-refractivity contribution >= 4 is 28.3 Å². The van der Waals surface area contributed by atoms with Gasteiger partial charge < -0.3 is 15.7 Å². The van der Waals surface area contributed by atoms with E-state index < -0.39 is 16.1 Å². The second-order valence-corrected chi connectivity index (χ2v) is 8.37. The number of hydrogen-bond acceptors (Lipinski definition) is 5. The van der Waals surface area contributed by atoms with Gasteiger partial charge in [-0.2, -0.15) is 0 Å². The number of hydrogen-bond donors (Lipinski definition) is 4. The lowest BCUT2D eigenvalue weighted by Gasteiger charge is -2.15. The first kappa shape index (κ1) is 22.9. The van der Waals surface area contributed by atoms with Crippen LogP contribution in [-0.2, 0) is 14.8 Å². The van der Waals surface area contributed by atoms with Crippen LogP contribution in [0, 0.1) is 26.7 Å². The van der Waals surface area contributed by atoms with Gasteiger partial charge in [0.15, 0.2) is 0 Å². The lowest BCUT2D eigenvalue weighted by molar-refractivity contribution is -0.121. The summed E-state index contributed by atoms with van der Waals surface area (Å²) < 4.78 is 27.5. The maximum atomic E-state index is 12.5. The fraction of sp³-hybridized carbons (Fsp3) is 0.588. The smallest absolute Gasteiger partial charge is 0.241 e. The lowest BCUT2D eigenvalue weighted by atomic mass is 10.1. The number of aliphatic hydroxyl groups excluding tert-OH is 1. The summed E-state index contributed by atoms with van der Waals surface area (Å²) in [6, 6.07) is 3.66. The van der Waals surface area contributed by atoms with E-state index in [9.17, 15) is 18.3 Å². The number of benzene rings is 1. The molecule has 0 radical (unpaired) electrons. The Morgan fingerprint density at radius 2 is 1.85 bits per heavy atom. The van der Waals surface area contributed by atoms with E-state index in [1.165, 1.54) is 0 Å². The van der Waals surface area contributed by atoms with Crippen LogP contribution >= 0.6 is 12.4 Å². The predicted octanol–water partition coefficient (Wildman–Crippen LogP) is 0.399. The molecule has 1 heterocycles. The molecule has 148 valence electrons. The van der Waals surface area contributed by atoms with Crippen molar-refractivity contribution < 1.29 is 18.3 Å². The summed E-state index contributed by atoms with van der Waals surface area (Å²) in [5.74, 6) is -0.238. The molecule has 0 aliphatic carbocycles. The van der Waals surface area contributed by atoms with Gasteiger partial charge in [0.25, 0.3) is 0 Å². The van der Waals surface area contributed by atoms with Crippen molar-refractivity contribution in [3.8, 4) is 0 Å². The Balaban J connectivity index is 0.00000338. The first-order valence-corrected chi connectivity index (χ1v) is 9.92. The second kappa shape index (κ2) is 9.66. The Bertz CT molecular complexity index is 717. The number of carbonyl (C=O) groups is 1. The average molecular weight is 406 g/mol. The number of nitrogens with one attached hydrogen (secondary N) is 3. The monoisotopic (exact) mass is 405 g/mol. The summed E-state index contributed by atoms with van der Waals surface area (Å²) in [6.07, 6.45) is -0.398. The highest BCUT2D eigenvalue weighted by Gasteiger charge is 2.25. The molecule has 1 aliphatic heterocycles. The van der Waals surface area contributed by atoms with Crippen molar-refractivity contribution in [1.29, 1.82) is 0 Å². The Morgan fingerprint density at radius 1 is 1.23 bits per heavy atom. The quantitative estimate of drug-likeness (QED) is 0.525. The summed E-state index contributed by atoms with van der Waals surface area (Å²) in [6.45, 7) is 7.08. The number of β-amino-alcohol motifs (C(OH)–C–C–N with tert-alkyl or cyclic N) is 1. The molecule has 1 aromatic rings. The zero-order valence-electron chi connectivity index (χ0n) is 15.3. The maximum Gasteiger partial charge on any atom is 0.241 e. The molecule has 9 heteroatoms. The average Bonchev–Trinajstić information content (AvgIpc) is 2.88. The molecule has 1 saturated heterocycles. The molecule has 1 amide bonds. The molecule has 7 nitrogen and oxygen atoms in total. The van der Waals surface area contributed by atoms with Gasteiger partial charge in [-0.15, -0.1) is 12.4 Å². The molecular formula is C17H28ClN3O4S. The highest BCUT2D eigenvalue weighted by Crippen LogP contribution is 2.21. The second-order valence-electron chi connectivity index (χ2n) is 6.67. The number of halogens is 1. The van der Waals surface area contributed by atoms with Crippen molar-refractivity contribution in [2.24, 2.45) is 5.92 Å². The maximum absolute atomic E-state index is 12.5. The van der Waals surface area contributed by atoms with Crippen LogP contribution in [0.1, 0.15) is 23.1 Å². The Hall–Kier alpha value is -1.19. The third kappa shape index (κ3) is 5.92. The SMILES string of the molecule is Cc1cc(C)c(S(=O)(=O)NCCC(=O)NCC2CNCC2O)c(C)c1.Cl. The number of sulfonamides is 1. The molecule has 26 heavy (non-hydrogen) atoms. The summed E-state index contributed by atoms with van der Waals surface area (Å²) in [7, 11) is -3.65. The van der Waals surface area contributed by atoms with Crippen LogP contribution in [0.4, 0.5) is 0 Å². The first-order valence-electron chi connectivity index (χ1n) is 8.43. The zero-order chi connectivity index (χ0) is 18.6. The number of amides is 1. The summed E-state index contributed by atoms with van der Waals surface area (Å²) in [5.41, 5.74) is 2.39. The Labute approximate surface area is 161 Å². The normalized spacial score (nSPS) is 19.8. The molecule has 0 spiro atoms. The highest BCUT2D eigenvalue weighted by atomic mass is 35.5. The number of aryl methyl sites for hydroxylation is 3. The van der Waals surface area contributed by atoms with Gasteiger partial charge >= 0.3 is 0 Å². The van der Waals surface area contributed by atoms with Gasteiger partial charge in [-0.05, 0) is 31.9 Å². The van der Waals surface area contributed by atoms with Crippen molar-refractivity contribution in [2.45, 2.75) is 38.2 Å². The van der Waals surface area contributed by atoms with Crippen molar-refractivity contribution in [3.63, 3.8) is 0 Å². The lowest BCUT2D eigenvalue weighted by Crippen LogP contribution is -2.36. The Kier molecular flexibility index (Phi) is 8.49. The molecular weight excluding hydrogens is 378 g/mol. The van der Waals surface area contributed by atoms with Crippen LogP contribution in [0.2, 0.25) is 0 Å². The largest absolute Gasteiger partial charge is 0.391 e. The summed E-state index contributed by atoms with van der Waals surface area (Å²) >= 11 is 0.